The Morgan fingerprint density at radius 3 is 2.25 bits per heavy atom. The summed E-state index contributed by atoms with van der Waals surface area (Å²) in [6.07, 6.45) is 1.54. The molecule has 0 spiro atoms. The Hall–Kier alpha value is -1.06. The van der Waals surface area contributed by atoms with Crippen molar-refractivity contribution >= 4 is 17.5 Å². The summed E-state index contributed by atoms with van der Waals surface area (Å²) in [4.78, 5) is 12.7. The predicted molar refractivity (Wildman–Crippen MR) is 85.2 cm³/mol. The van der Waals surface area contributed by atoms with Gasteiger partial charge in [-0.05, 0) is 44.5 Å². The number of carbonyl (C=O) groups excluding carboxylic acids is 1. The molecule has 1 aromatic carbocycles. The molecule has 0 aliphatic rings. The van der Waals surface area contributed by atoms with Gasteiger partial charge in [-0.2, -0.15) is 0 Å². The molecule has 3 nitrogen and oxygen atoms in total. The maximum atomic E-state index is 12.7. The third-order valence-electron chi connectivity index (χ3n) is 4.10. The molecule has 0 aliphatic heterocycles. The van der Waals surface area contributed by atoms with Gasteiger partial charge in [-0.3, -0.25) is 4.79 Å². The molecular weight excluding hydrogens is 272 g/mol. The van der Waals surface area contributed by atoms with Crippen LogP contribution in [-0.4, -0.2) is 25.5 Å². The Kier molecular flexibility index (Phi) is 6.50. The Morgan fingerprint density at radius 1 is 1.25 bits per heavy atom. The molecule has 0 saturated heterocycles. The predicted octanol–water partition coefficient (Wildman–Crippen LogP) is 3.12. The minimum Gasteiger partial charge on any atom is -0.354 e. The first-order chi connectivity index (χ1) is 9.50. The molecule has 1 amide bonds. The van der Waals surface area contributed by atoms with Crippen molar-refractivity contribution in [1.82, 2.24) is 10.6 Å². The van der Waals surface area contributed by atoms with Gasteiger partial charge in [-0.25, -0.2) is 0 Å². The maximum Gasteiger partial charge on any atom is 0.230 e. The monoisotopic (exact) mass is 296 g/mol. The van der Waals surface area contributed by atoms with E-state index in [0.717, 1.165) is 18.4 Å². The summed E-state index contributed by atoms with van der Waals surface area (Å²) in [6, 6.07) is 7.86. The summed E-state index contributed by atoms with van der Waals surface area (Å²) < 4.78 is 0. The van der Waals surface area contributed by atoms with E-state index in [9.17, 15) is 4.79 Å². The highest BCUT2D eigenvalue weighted by molar-refractivity contribution is 6.30. The Morgan fingerprint density at radius 2 is 1.80 bits per heavy atom. The zero-order chi connectivity index (χ0) is 15.2. The number of benzene rings is 1. The van der Waals surface area contributed by atoms with Crippen LogP contribution in [-0.2, 0) is 10.2 Å². The lowest BCUT2D eigenvalue weighted by molar-refractivity contribution is -0.127. The average Bonchev–Trinajstić information content (AvgIpc) is 2.48. The molecule has 0 fully saturated rings. The van der Waals surface area contributed by atoms with Gasteiger partial charge in [0.05, 0.1) is 5.41 Å². The molecule has 0 radical (unpaired) electrons. The summed E-state index contributed by atoms with van der Waals surface area (Å²) in [7, 11) is 1.89. The number of hydrogen-bond donors (Lipinski definition) is 2. The number of likely N-dealkylation sites (N-methyl/N-ethyl adjacent to an activating group) is 1. The van der Waals surface area contributed by atoms with Gasteiger partial charge in [0.1, 0.15) is 0 Å². The third-order valence-corrected chi connectivity index (χ3v) is 4.35. The molecule has 112 valence electrons. The molecule has 0 bridgehead atoms. The Labute approximate surface area is 127 Å². The first-order valence-electron chi connectivity index (χ1n) is 7.21. The zero-order valence-corrected chi connectivity index (χ0v) is 13.6. The van der Waals surface area contributed by atoms with Crippen molar-refractivity contribution in [3.05, 3.63) is 34.9 Å². The van der Waals surface area contributed by atoms with Gasteiger partial charge in [0.15, 0.2) is 0 Å². The van der Waals surface area contributed by atoms with E-state index in [2.05, 4.69) is 24.5 Å². The van der Waals surface area contributed by atoms with Gasteiger partial charge < -0.3 is 10.6 Å². The van der Waals surface area contributed by atoms with Crippen molar-refractivity contribution in [3.63, 3.8) is 0 Å². The van der Waals surface area contributed by atoms with Gasteiger partial charge in [-0.15, -0.1) is 0 Å². The standard InChI is InChI=1S/C16H25ClN2O/c1-5-16(6-2,13-7-9-14(17)10-8-13)15(20)19-11-12(3)18-4/h7-10,12,18H,5-6,11H2,1-4H3,(H,19,20). The second-order valence-corrected chi connectivity index (χ2v) is 5.63. The lowest BCUT2D eigenvalue weighted by Crippen LogP contribution is -2.47. The van der Waals surface area contributed by atoms with E-state index in [4.69, 9.17) is 11.6 Å². The number of halogens is 1. The average molecular weight is 297 g/mol. The molecule has 1 aromatic rings. The number of carbonyl (C=O) groups is 1. The third kappa shape index (κ3) is 3.74. The van der Waals surface area contributed by atoms with Crippen LogP contribution in [0.3, 0.4) is 0 Å². The highest BCUT2D eigenvalue weighted by Gasteiger charge is 2.36. The summed E-state index contributed by atoms with van der Waals surface area (Å²) >= 11 is 5.94. The Bertz CT molecular complexity index is 427. The van der Waals surface area contributed by atoms with Crippen molar-refractivity contribution in [2.75, 3.05) is 13.6 Å². The van der Waals surface area contributed by atoms with Gasteiger partial charge >= 0.3 is 0 Å². The molecule has 1 unspecified atom stereocenters. The number of amides is 1. The van der Waals surface area contributed by atoms with Crippen molar-refractivity contribution in [3.8, 4) is 0 Å². The summed E-state index contributed by atoms with van der Waals surface area (Å²) in [5, 5.41) is 6.87. The molecule has 20 heavy (non-hydrogen) atoms. The van der Waals surface area contributed by atoms with Crippen LogP contribution in [0.4, 0.5) is 0 Å². The summed E-state index contributed by atoms with van der Waals surface area (Å²) in [5.74, 6) is 0.0897. The minimum absolute atomic E-state index is 0.0897. The van der Waals surface area contributed by atoms with Crippen LogP contribution in [0.5, 0.6) is 0 Å². The van der Waals surface area contributed by atoms with Gasteiger partial charge in [0.25, 0.3) is 0 Å². The number of hydrogen-bond acceptors (Lipinski definition) is 2. The highest BCUT2D eigenvalue weighted by Crippen LogP contribution is 2.32. The molecular formula is C16H25ClN2O. The lowest BCUT2D eigenvalue weighted by Gasteiger charge is -2.31. The molecule has 4 heteroatoms. The van der Waals surface area contributed by atoms with E-state index >= 15 is 0 Å². The van der Waals surface area contributed by atoms with Crippen LogP contribution < -0.4 is 10.6 Å². The van der Waals surface area contributed by atoms with Crippen molar-refractivity contribution in [2.24, 2.45) is 0 Å². The minimum atomic E-state index is -0.474. The van der Waals surface area contributed by atoms with E-state index in [0.29, 0.717) is 11.6 Å². The molecule has 0 saturated carbocycles. The van der Waals surface area contributed by atoms with E-state index in [1.165, 1.54) is 0 Å². The van der Waals surface area contributed by atoms with Gasteiger partial charge in [0.2, 0.25) is 5.91 Å². The van der Waals surface area contributed by atoms with Gasteiger partial charge in [-0.1, -0.05) is 37.6 Å². The second-order valence-electron chi connectivity index (χ2n) is 5.20. The van der Waals surface area contributed by atoms with Crippen molar-refractivity contribution < 1.29 is 4.79 Å². The fraction of sp³-hybridized carbons (Fsp3) is 0.562. The molecule has 2 N–H and O–H groups in total. The second kappa shape index (κ2) is 7.65. The first-order valence-corrected chi connectivity index (χ1v) is 7.59. The van der Waals surface area contributed by atoms with Crippen molar-refractivity contribution in [1.29, 1.82) is 0 Å². The van der Waals surface area contributed by atoms with Crippen molar-refractivity contribution in [2.45, 2.75) is 45.1 Å². The van der Waals surface area contributed by atoms with Crippen LogP contribution in [0.2, 0.25) is 5.02 Å². The highest BCUT2D eigenvalue weighted by atomic mass is 35.5. The topological polar surface area (TPSA) is 41.1 Å². The summed E-state index contributed by atoms with van der Waals surface area (Å²) in [6.45, 7) is 6.78. The molecule has 0 aromatic heterocycles. The van der Waals surface area contributed by atoms with Gasteiger partial charge in [0, 0.05) is 17.6 Å². The smallest absolute Gasteiger partial charge is 0.230 e. The Balaban J connectivity index is 2.96. The number of nitrogens with one attached hydrogen (secondary N) is 2. The van der Waals surface area contributed by atoms with Crippen LogP contribution >= 0.6 is 11.6 Å². The SMILES string of the molecule is CCC(CC)(C(=O)NCC(C)NC)c1ccc(Cl)cc1. The molecule has 0 heterocycles. The fourth-order valence-electron chi connectivity index (χ4n) is 2.40. The normalized spacial score (nSPS) is 13.1. The van der Waals surface area contributed by atoms with Crippen LogP contribution in [0.1, 0.15) is 39.2 Å². The van der Waals surface area contributed by atoms with E-state index in [-0.39, 0.29) is 11.9 Å². The fourth-order valence-corrected chi connectivity index (χ4v) is 2.52. The van der Waals surface area contributed by atoms with E-state index in [1.54, 1.807) is 0 Å². The van der Waals surface area contributed by atoms with E-state index in [1.807, 2.05) is 38.2 Å². The quantitative estimate of drug-likeness (QED) is 0.812. The van der Waals surface area contributed by atoms with Crippen LogP contribution in [0.15, 0.2) is 24.3 Å². The van der Waals surface area contributed by atoms with Crippen LogP contribution in [0.25, 0.3) is 0 Å². The first kappa shape index (κ1) is 17.0. The van der Waals surface area contributed by atoms with E-state index < -0.39 is 5.41 Å². The molecule has 1 rings (SSSR count). The number of rotatable bonds is 7. The summed E-state index contributed by atoms with van der Waals surface area (Å²) in [5.41, 5.74) is 0.555. The zero-order valence-electron chi connectivity index (χ0n) is 12.8. The lowest BCUT2D eigenvalue weighted by atomic mass is 9.75. The molecule has 1 atom stereocenters. The van der Waals surface area contributed by atoms with Crippen LogP contribution in [0, 0.1) is 0 Å². The molecule has 0 aliphatic carbocycles. The maximum absolute atomic E-state index is 12.7. The largest absolute Gasteiger partial charge is 0.354 e.